The third kappa shape index (κ3) is 6.59. The summed E-state index contributed by atoms with van der Waals surface area (Å²) in [6, 6.07) is 90.1. The van der Waals surface area contributed by atoms with Gasteiger partial charge >= 0.3 is 0 Å². The fourth-order valence-electron chi connectivity index (χ4n) is 10.4. The Morgan fingerprint density at radius 2 is 0.727 bits per heavy atom. The molecular formula is C63H47N3. The molecule has 0 unspecified atom stereocenters. The Hall–Kier alpha value is -8.40. The molecule has 0 bridgehead atoms. The number of nitrogens with zero attached hydrogens (tertiary/aromatic N) is 3. The van der Waals surface area contributed by atoms with Crippen molar-refractivity contribution in [3.8, 4) is 39.1 Å². The Bertz CT molecular complexity index is 3460. The number of anilines is 6. The highest BCUT2D eigenvalue weighted by atomic mass is 15.2. The molecule has 1 aliphatic carbocycles. The van der Waals surface area contributed by atoms with Gasteiger partial charge in [0.2, 0.25) is 0 Å². The highest BCUT2D eigenvalue weighted by molar-refractivity contribution is 6.14. The molecule has 0 atom stereocenters. The number of hydrogen-bond donors (Lipinski definition) is 0. The third-order valence-corrected chi connectivity index (χ3v) is 13.6. The molecule has 0 spiro atoms. The van der Waals surface area contributed by atoms with Gasteiger partial charge in [-0.2, -0.15) is 0 Å². The van der Waals surface area contributed by atoms with Crippen LogP contribution in [-0.2, 0) is 5.41 Å². The summed E-state index contributed by atoms with van der Waals surface area (Å²) in [6.07, 6.45) is 0. The monoisotopic (exact) mass is 845 g/mol. The summed E-state index contributed by atoms with van der Waals surface area (Å²) in [5.41, 5.74) is 20.3. The van der Waals surface area contributed by atoms with Crippen molar-refractivity contribution in [2.75, 3.05) is 9.80 Å². The molecule has 12 rings (SSSR count). The summed E-state index contributed by atoms with van der Waals surface area (Å²) in [6.45, 7) is 4.76. The highest BCUT2D eigenvalue weighted by Crippen LogP contribution is 2.53. The summed E-state index contributed by atoms with van der Waals surface area (Å²) in [5.74, 6) is 0. The third-order valence-electron chi connectivity index (χ3n) is 13.6. The normalized spacial score (nSPS) is 12.5. The predicted molar refractivity (Wildman–Crippen MR) is 279 cm³/mol. The van der Waals surface area contributed by atoms with E-state index >= 15 is 0 Å². The minimum absolute atomic E-state index is 0.104. The summed E-state index contributed by atoms with van der Waals surface area (Å²) >= 11 is 0. The Kier molecular flexibility index (Phi) is 9.50. The maximum atomic E-state index is 2.45. The van der Waals surface area contributed by atoms with E-state index in [9.17, 15) is 0 Å². The molecular weight excluding hydrogens is 799 g/mol. The van der Waals surface area contributed by atoms with Gasteiger partial charge in [-0.25, -0.2) is 0 Å². The zero-order chi connectivity index (χ0) is 44.2. The first-order valence-electron chi connectivity index (χ1n) is 22.8. The minimum Gasteiger partial charge on any atom is -0.311 e. The quantitative estimate of drug-likeness (QED) is 0.143. The number of fused-ring (bicyclic) bond motifs is 7. The smallest absolute Gasteiger partial charge is 0.0544 e. The largest absolute Gasteiger partial charge is 0.311 e. The van der Waals surface area contributed by atoms with Crippen LogP contribution in [-0.4, -0.2) is 4.57 Å². The van der Waals surface area contributed by atoms with Crippen molar-refractivity contribution in [2.45, 2.75) is 19.3 Å². The van der Waals surface area contributed by atoms with Crippen LogP contribution in [0.25, 0.3) is 60.9 Å². The van der Waals surface area contributed by atoms with Gasteiger partial charge in [-0.05, 0) is 142 Å². The van der Waals surface area contributed by atoms with Gasteiger partial charge in [-0.15, -0.1) is 0 Å². The molecule has 0 amide bonds. The molecule has 66 heavy (non-hydrogen) atoms. The van der Waals surface area contributed by atoms with Gasteiger partial charge in [-0.1, -0.05) is 166 Å². The van der Waals surface area contributed by atoms with Gasteiger partial charge in [0.25, 0.3) is 0 Å². The van der Waals surface area contributed by atoms with E-state index in [1.807, 2.05) is 0 Å². The summed E-state index contributed by atoms with van der Waals surface area (Å²) < 4.78 is 2.45. The molecule has 1 heterocycles. The first-order valence-corrected chi connectivity index (χ1v) is 22.8. The van der Waals surface area contributed by atoms with Gasteiger partial charge in [0.15, 0.2) is 0 Å². The second-order valence-electron chi connectivity index (χ2n) is 17.8. The van der Waals surface area contributed by atoms with Gasteiger partial charge in [0.05, 0.1) is 11.0 Å². The molecule has 0 fully saturated rings. The molecule has 11 aromatic rings. The number of para-hydroxylation sites is 3. The maximum absolute atomic E-state index is 2.45. The van der Waals surface area contributed by atoms with Crippen LogP contribution >= 0.6 is 0 Å². The number of aromatic nitrogens is 1. The molecule has 10 aromatic carbocycles. The van der Waals surface area contributed by atoms with E-state index in [0.717, 1.165) is 39.8 Å². The number of hydrogen-bond acceptors (Lipinski definition) is 2. The molecule has 314 valence electrons. The lowest BCUT2D eigenvalue weighted by Crippen LogP contribution is -2.15. The topological polar surface area (TPSA) is 11.4 Å². The van der Waals surface area contributed by atoms with E-state index in [-0.39, 0.29) is 5.41 Å². The van der Waals surface area contributed by atoms with Crippen molar-refractivity contribution in [3.05, 3.63) is 260 Å². The van der Waals surface area contributed by atoms with Gasteiger partial charge < -0.3 is 14.4 Å². The molecule has 0 radical (unpaired) electrons. The molecule has 1 aromatic heterocycles. The molecule has 0 aliphatic heterocycles. The fraction of sp³-hybridized carbons (Fsp3) is 0.0476. The number of rotatable bonds is 9. The standard InChI is InChI=1S/C63H47N3/c1-63(2)58-24-14-12-22-55(58)56-42-43-60-61(62(56)63)57-23-13-15-25-59(57)66(60)54-36-30-47(31-37-54)46-28-34-51(35-29-46)65(50-32-26-45(27-33-50)44-16-6-3-7-17-44)53-40-38-52(39-41-53)64(48-18-8-4-9-19-48)49-20-10-5-11-21-49/h3-43H,1-2H3. The van der Waals surface area contributed by atoms with Crippen LogP contribution in [0.5, 0.6) is 0 Å². The van der Waals surface area contributed by atoms with Gasteiger partial charge in [0, 0.05) is 56.0 Å². The number of benzene rings is 10. The summed E-state index contributed by atoms with van der Waals surface area (Å²) in [4.78, 5) is 4.65. The lowest BCUT2D eigenvalue weighted by Gasteiger charge is -2.28. The average molecular weight is 846 g/mol. The van der Waals surface area contributed by atoms with Crippen LogP contribution in [0.2, 0.25) is 0 Å². The molecule has 0 saturated carbocycles. The lowest BCUT2D eigenvalue weighted by molar-refractivity contribution is 0.666. The zero-order valence-electron chi connectivity index (χ0n) is 37.0. The Morgan fingerprint density at radius 3 is 1.27 bits per heavy atom. The van der Waals surface area contributed by atoms with Gasteiger partial charge in [-0.3, -0.25) is 0 Å². The van der Waals surface area contributed by atoms with Gasteiger partial charge in [0.1, 0.15) is 0 Å². The van der Waals surface area contributed by atoms with E-state index in [1.165, 1.54) is 66.3 Å². The Balaban J connectivity index is 0.896. The highest BCUT2D eigenvalue weighted by Gasteiger charge is 2.38. The van der Waals surface area contributed by atoms with Crippen LogP contribution in [0.4, 0.5) is 34.1 Å². The average Bonchev–Trinajstić information content (AvgIpc) is 3.84. The predicted octanol–water partition coefficient (Wildman–Crippen LogP) is 17.4. The van der Waals surface area contributed by atoms with Crippen LogP contribution in [0.15, 0.2) is 249 Å². The molecule has 0 saturated heterocycles. The molecule has 3 nitrogen and oxygen atoms in total. The van der Waals surface area contributed by atoms with E-state index in [4.69, 9.17) is 0 Å². The Labute approximate surface area is 386 Å². The first-order chi connectivity index (χ1) is 32.5. The summed E-state index contributed by atoms with van der Waals surface area (Å²) in [7, 11) is 0. The molecule has 1 aliphatic rings. The second-order valence-corrected chi connectivity index (χ2v) is 17.8. The molecule has 3 heteroatoms. The van der Waals surface area contributed by atoms with Crippen molar-refractivity contribution in [3.63, 3.8) is 0 Å². The van der Waals surface area contributed by atoms with Crippen LogP contribution in [0, 0.1) is 0 Å². The van der Waals surface area contributed by atoms with Crippen molar-refractivity contribution in [2.24, 2.45) is 0 Å². The van der Waals surface area contributed by atoms with E-state index in [1.54, 1.807) is 0 Å². The van der Waals surface area contributed by atoms with Crippen molar-refractivity contribution in [1.82, 2.24) is 4.57 Å². The van der Waals surface area contributed by atoms with Crippen molar-refractivity contribution >= 4 is 55.9 Å². The van der Waals surface area contributed by atoms with Crippen LogP contribution < -0.4 is 9.80 Å². The van der Waals surface area contributed by atoms with Crippen LogP contribution in [0.1, 0.15) is 25.0 Å². The van der Waals surface area contributed by atoms with Crippen LogP contribution in [0.3, 0.4) is 0 Å². The van der Waals surface area contributed by atoms with E-state index in [2.05, 4.69) is 277 Å². The van der Waals surface area contributed by atoms with E-state index < -0.39 is 0 Å². The second kappa shape index (κ2) is 16.0. The zero-order valence-corrected chi connectivity index (χ0v) is 37.0. The summed E-state index contributed by atoms with van der Waals surface area (Å²) in [5, 5.41) is 2.64. The van der Waals surface area contributed by atoms with E-state index in [0.29, 0.717) is 0 Å². The molecule has 0 N–H and O–H groups in total. The lowest BCUT2D eigenvalue weighted by atomic mass is 9.80. The Morgan fingerprint density at radius 1 is 0.318 bits per heavy atom. The SMILES string of the molecule is CC1(C)c2ccccc2-c2ccc3c(c21)c1ccccc1n3-c1ccc(-c2ccc(N(c3ccc(-c4ccccc4)cc3)c3ccc(N(c4ccccc4)c4ccccc4)cc3)cc2)cc1. The maximum Gasteiger partial charge on any atom is 0.0544 e. The van der Waals surface area contributed by atoms with Crippen molar-refractivity contribution < 1.29 is 0 Å². The fourth-order valence-corrected chi connectivity index (χ4v) is 10.4. The minimum atomic E-state index is -0.104. The first kappa shape index (κ1) is 39.2. The van der Waals surface area contributed by atoms with Crippen molar-refractivity contribution in [1.29, 1.82) is 0 Å².